The van der Waals surface area contributed by atoms with Gasteiger partial charge in [-0.3, -0.25) is 13.9 Å². The van der Waals surface area contributed by atoms with Crippen LogP contribution in [0.3, 0.4) is 0 Å². The van der Waals surface area contributed by atoms with Crippen LogP contribution in [-0.4, -0.2) is 30.9 Å². The van der Waals surface area contributed by atoms with E-state index in [1.807, 2.05) is 6.92 Å². The first-order chi connectivity index (χ1) is 12.3. The van der Waals surface area contributed by atoms with Crippen molar-refractivity contribution in [2.75, 3.05) is 6.61 Å². The highest BCUT2D eigenvalue weighted by atomic mass is 32.1. The fraction of sp³-hybridized carbons (Fsp3) is 0.438. The van der Waals surface area contributed by atoms with Gasteiger partial charge in [0.15, 0.2) is 10.7 Å². The van der Waals surface area contributed by atoms with Gasteiger partial charge < -0.3 is 5.11 Å². The Morgan fingerprint density at radius 1 is 1.42 bits per heavy atom. The number of halogens is 3. The number of hydrogen-bond acceptors (Lipinski definition) is 5. The number of nitrogens with zero attached hydrogens (tertiary/aromatic N) is 4. The minimum Gasteiger partial charge on any atom is -0.396 e. The maximum atomic E-state index is 12.6. The number of fused-ring (bicyclic) bond motifs is 1. The molecule has 0 aromatic carbocycles. The Labute approximate surface area is 149 Å². The van der Waals surface area contributed by atoms with Gasteiger partial charge in [0.25, 0.3) is 5.56 Å². The van der Waals surface area contributed by atoms with Gasteiger partial charge in [-0.15, -0.1) is 11.3 Å². The summed E-state index contributed by atoms with van der Waals surface area (Å²) in [7, 11) is 0. The first-order valence-electron chi connectivity index (χ1n) is 8.01. The fourth-order valence-electron chi connectivity index (χ4n) is 3.20. The largest absolute Gasteiger partial charge is 0.435 e. The topological polar surface area (TPSA) is 72.4 Å². The van der Waals surface area contributed by atoms with E-state index in [1.165, 1.54) is 23.6 Å². The lowest BCUT2D eigenvalue weighted by Crippen LogP contribution is -2.18. The Balaban J connectivity index is 1.68. The Hall–Kier alpha value is -2.20. The summed E-state index contributed by atoms with van der Waals surface area (Å²) in [6, 6.07) is 2.22. The summed E-state index contributed by atoms with van der Waals surface area (Å²) in [4.78, 5) is 18.5. The summed E-state index contributed by atoms with van der Waals surface area (Å²) in [6.07, 6.45) is -2.45. The molecule has 138 valence electrons. The molecule has 6 nitrogen and oxygen atoms in total. The third kappa shape index (κ3) is 2.92. The molecule has 0 spiro atoms. The number of rotatable bonds is 4. The molecule has 0 saturated heterocycles. The highest BCUT2D eigenvalue weighted by Gasteiger charge is 2.41. The third-order valence-electron chi connectivity index (χ3n) is 4.55. The predicted octanol–water partition coefficient (Wildman–Crippen LogP) is 2.42. The van der Waals surface area contributed by atoms with E-state index in [-0.39, 0.29) is 30.5 Å². The van der Waals surface area contributed by atoms with Gasteiger partial charge in [0.05, 0.1) is 12.2 Å². The number of aromatic nitrogens is 4. The second-order valence-electron chi connectivity index (χ2n) is 6.43. The van der Waals surface area contributed by atoms with Gasteiger partial charge in [0.2, 0.25) is 0 Å². The Morgan fingerprint density at radius 2 is 2.19 bits per heavy atom. The molecule has 3 heterocycles. The van der Waals surface area contributed by atoms with Crippen LogP contribution >= 0.6 is 11.3 Å². The molecule has 0 aliphatic heterocycles. The first kappa shape index (κ1) is 17.2. The van der Waals surface area contributed by atoms with Gasteiger partial charge in [0.1, 0.15) is 0 Å². The summed E-state index contributed by atoms with van der Waals surface area (Å²) >= 11 is 1.37. The quantitative estimate of drug-likeness (QED) is 0.750. The molecule has 3 aromatic heterocycles. The molecule has 26 heavy (non-hydrogen) atoms. The van der Waals surface area contributed by atoms with Crippen LogP contribution in [0.4, 0.5) is 13.2 Å². The van der Waals surface area contributed by atoms with Gasteiger partial charge in [-0.2, -0.15) is 18.3 Å². The van der Waals surface area contributed by atoms with Crippen LogP contribution in [0.15, 0.2) is 23.1 Å². The van der Waals surface area contributed by atoms with E-state index in [4.69, 9.17) is 0 Å². The van der Waals surface area contributed by atoms with Crippen molar-refractivity contribution in [3.8, 4) is 0 Å². The molecular formula is C16H15F3N4O2S. The molecule has 2 atom stereocenters. The van der Waals surface area contributed by atoms with Crippen LogP contribution in [0.2, 0.25) is 0 Å². The standard InChI is InChI=1S/C16H15F3N4O2S/c1-8-14(11-4-9(11)7-24)23-13(25)5-10(20-15(23)26-8)6-22-3-2-12(21-22)16(17,18)19/h2-3,5,9,11,24H,4,6-7H2,1H3. The molecule has 1 aliphatic rings. The molecule has 0 amide bonds. The first-order valence-corrected chi connectivity index (χ1v) is 8.83. The van der Waals surface area contributed by atoms with E-state index in [9.17, 15) is 23.1 Å². The Kier molecular flexibility index (Phi) is 3.92. The molecule has 4 rings (SSSR count). The minimum absolute atomic E-state index is 0.0171. The van der Waals surface area contributed by atoms with Crippen molar-refractivity contribution in [1.29, 1.82) is 0 Å². The molecule has 1 fully saturated rings. The third-order valence-corrected chi connectivity index (χ3v) is 5.52. The number of aryl methyl sites for hydroxylation is 1. The highest BCUT2D eigenvalue weighted by molar-refractivity contribution is 7.17. The van der Waals surface area contributed by atoms with Gasteiger partial charge in [0, 0.05) is 35.4 Å². The monoisotopic (exact) mass is 384 g/mol. The van der Waals surface area contributed by atoms with Crippen LogP contribution in [0.5, 0.6) is 0 Å². The van der Waals surface area contributed by atoms with E-state index in [2.05, 4.69) is 10.1 Å². The second-order valence-corrected chi connectivity index (χ2v) is 7.61. The van der Waals surface area contributed by atoms with E-state index >= 15 is 0 Å². The van der Waals surface area contributed by atoms with Crippen LogP contribution in [0.25, 0.3) is 4.96 Å². The van der Waals surface area contributed by atoms with Gasteiger partial charge in [-0.1, -0.05) is 0 Å². The average molecular weight is 384 g/mol. The zero-order chi connectivity index (χ0) is 18.6. The maximum absolute atomic E-state index is 12.6. The molecular weight excluding hydrogens is 369 g/mol. The molecule has 1 aliphatic carbocycles. The van der Waals surface area contributed by atoms with Crippen molar-refractivity contribution in [1.82, 2.24) is 19.2 Å². The van der Waals surface area contributed by atoms with E-state index in [0.717, 1.165) is 27.7 Å². The fourth-order valence-corrected chi connectivity index (χ4v) is 4.27. The molecule has 2 unspecified atom stereocenters. The molecule has 0 bridgehead atoms. The van der Waals surface area contributed by atoms with Gasteiger partial charge in [-0.25, -0.2) is 4.98 Å². The highest BCUT2D eigenvalue weighted by Crippen LogP contribution is 2.49. The summed E-state index contributed by atoms with van der Waals surface area (Å²) in [5.41, 5.74) is -0.00912. The zero-order valence-corrected chi connectivity index (χ0v) is 14.5. The summed E-state index contributed by atoms with van der Waals surface area (Å²) < 4.78 is 40.6. The molecule has 3 aromatic rings. The molecule has 1 N–H and O–H groups in total. The van der Waals surface area contributed by atoms with Crippen LogP contribution < -0.4 is 5.56 Å². The second kappa shape index (κ2) is 5.92. The maximum Gasteiger partial charge on any atom is 0.435 e. The van der Waals surface area contributed by atoms with E-state index in [0.29, 0.717) is 10.7 Å². The smallest absolute Gasteiger partial charge is 0.396 e. The summed E-state index contributed by atoms with van der Waals surface area (Å²) in [5.74, 6) is 0.322. The van der Waals surface area contributed by atoms with Crippen molar-refractivity contribution < 1.29 is 18.3 Å². The van der Waals surface area contributed by atoms with Crippen molar-refractivity contribution in [3.05, 3.63) is 50.6 Å². The average Bonchev–Trinajstić information content (AvgIpc) is 3.01. The van der Waals surface area contributed by atoms with E-state index in [1.54, 1.807) is 4.40 Å². The summed E-state index contributed by atoms with van der Waals surface area (Å²) in [6.45, 7) is 1.98. The number of aliphatic hydroxyl groups excluding tert-OH is 1. The molecule has 0 radical (unpaired) electrons. The Bertz CT molecular complexity index is 1040. The predicted molar refractivity (Wildman–Crippen MR) is 88.3 cm³/mol. The number of aliphatic hydroxyl groups is 1. The normalized spacial score (nSPS) is 20.0. The lowest BCUT2D eigenvalue weighted by Gasteiger charge is -2.05. The van der Waals surface area contributed by atoms with Crippen molar-refractivity contribution in [3.63, 3.8) is 0 Å². The van der Waals surface area contributed by atoms with Crippen molar-refractivity contribution in [2.24, 2.45) is 5.92 Å². The lowest BCUT2D eigenvalue weighted by molar-refractivity contribution is -0.141. The zero-order valence-electron chi connectivity index (χ0n) is 13.7. The lowest BCUT2D eigenvalue weighted by atomic mass is 10.2. The minimum atomic E-state index is -4.50. The molecule has 10 heteroatoms. The van der Waals surface area contributed by atoms with Crippen molar-refractivity contribution in [2.45, 2.75) is 32.0 Å². The molecule has 1 saturated carbocycles. The van der Waals surface area contributed by atoms with Crippen LogP contribution in [-0.2, 0) is 12.7 Å². The van der Waals surface area contributed by atoms with Crippen LogP contribution in [0, 0.1) is 12.8 Å². The van der Waals surface area contributed by atoms with Crippen molar-refractivity contribution >= 4 is 16.3 Å². The van der Waals surface area contributed by atoms with E-state index < -0.39 is 11.9 Å². The number of thiazole rings is 1. The Morgan fingerprint density at radius 3 is 2.81 bits per heavy atom. The number of alkyl halides is 3. The van der Waals surface area contributed by atoms with Gasteiger partial charge >= 0.3 is 6.18 Å². The SMILES string of the molecule is Cc1sc2nc(Cn3ccc(C(F)(F)F)n3)cc(=O)n2c1C1CC1CO. The summed E-state index contributed by atoms with van der Waals surface area (Å²) in [5, 5.41) is 12.8. The van der Waals surface area contributed by atoms with Gasteiger partial charge in [-0.05, 0) is 25.3 Å². The van der Waals surface area contributed by atoms with Crippen LogP contribution in [0.1, 0.15) is 34.3 Å². The number of hydrogen-bond donors (Lipinski definition) is 1.